The van der Waals surface area contributed by atoms with E-state index in [1.54, 1.807) is 13.8 Å². The molecule has 0 atom stereocenters. The van der Waals surface area contributed by atoms with Crippen LogP contribution in [0.4, 0.5) is 19.0 Å². The van der Waals surface area contributed by atoms with Gasteiger partial charge in [-0.25, -0.2) is 4.68 Å². The van der Waals surface area contributed by atoms with E-state index in [-0.39, 0.29) is 33.9 Å². The quantitative estimate of drug-likeness (QED) is 0.903. The van der Waals surface area contributed by atoms with E-state index in [1.807, 2.05) is 6.07 Å². The summed E-state index contributed by atoms with van der Waals surface area (Å²) in [5.41, 5.74) is -0.720. The number of alkyl halides is 3. The van der Waals surface area contributed by atoms with Gasteiger partial charge >= 0.3 is 6.18 Å². The normalized spacial score (nSPS) is 11.4. The fourth-order valence-corrected chi connectivity index (χ4v) is 2.11. The van der Waals surface area contributed by atoms with Gasteiger partial charge in [0, 0.05) is 5.92 Å². The van der Waals surface area contributed by atoms with Crippen molar-refractivity contribution in [2.75, 3.05) is 5.32 Å². The molecule has 0 saturated heterocycles. The molecular formula is C15H12ClF3N4O. The van der Waals surface area contributed by atoms with Crippen LogP contribution in [0.15, 0.2) is 24.4 Å². The van der Waals surface area contributed by atoms with E-state index < -0.39 is 11.7 Å². The number of carbonyl (C=O) groups is 1. The molecule has 0 saturated carbocycles. The molecule has 2 rings (SSSR count). The third-order valence-corrected chi connectivity index (χ3v) is 3.46. The van der Waals surface area contributed by atoms with Crippen LogP contribution in [-0.2, 0) is 11.0 Å². The number of nitrogens with one attached hydrogen (secondary N) is 1. The monoisotopic (exact) mass is 356 g/mol. The summed E-state index contributed by atoms with van der Waals surface area (Å²) in [6.07, 6.45) is -3.33. The van der Waals surface area contributed by atoms with Crippen LogP contribution in [0.25, 0.3) is 5.69 Å². The summed E-state index contributed by atoms with van der Waals surface area (Å²) in [6, 6.07) is 4.61. The molecule has 0 aliphatic rings. The first kappa shape index (κ1) is 17.8. The number of benzene rings is 1. The molecule has 0 radical (unpaired) electrons. The molecule has 0 fully saturated rings. The minimum atomic E-state index is -4.53. The van der Waals surface area contributed by atoms with Gasteiger partial charge in [0.1, 0.15) is 11.6 Å². The van der Waals surface area contributed by atoms with Gasteiger partial charge in [0.25, 0.3) is 0 Å². The maximum absolute atomic E-state index is 12.7. The summed E-state index contributed by atoms with van der Waals surface area (Å²) < 4.78 is 39.3. The Kier molecular flexibility index (Phi) is 4.85. The fourth-order valence-electron chi connectivity index (χ4n) is 1.85. The molecule has 1 aromatic heterocycles. The predicted octanol–water partition coefficient (Wildman–Crippen LogP) is 4.01. The molecule has 24 heavy (non-hydrogen) atoms. The first-order valence-electron chi connectivity index (χ1n) is 6.81. The Balaban J connectivity index is 2.52. The summed E-state index contributed by atoms with van der Waals surface area (Å²) in [5.74, 6) is -0.669. The van der Waals surface area contributed by atoms with E-state index in [0.29, 0.717) is 0 Å². The molecule has 1 N–H and O–H groups in total. The molecule has 126 valence electrons. The lowest BCUT2D eigenvalue weighted by Gasteiger charge is -2.14. The molecule has 1 amide bonds. The number of halogens is 4. The molecule has 5 nitrogen and oxygen atoms in total. The van der Waals surface area contributed by atoms with Crippen molar-refractivity contribution in [2.24, 2.45) is 5.92 Å². The first-order valence-corrected chi connectivity index (χ1v) is 7.19. The highest BCUT2D eigenvalue weighted by Crippen LogP contribution is 2.34. The van der Waals surface area contributed by atoms with E-state index in [0.717, 1.165) is 22.9 Å². The lowest BCUT2D eigenvalue weighted by atomic mass is 10.2. The van der Waals surface area contributed by atoms with Crippen LogP contribution in [0.3, 0.4) is 0 Å². The van der Waals surface area contributed by atoms with Crippen molar-refractivity contribution in [3.05, 3.63) is 40.5 Å². The molecule has 1 aromatic carbocycles. The number of carbonyl (C=O) groups excluding carboxylic acids is 1. The van der Waals surface area contributed by atoms with Crippen LogP contribution in [-0.4, -0.2) is 15.7 Å². The molecule has 0 bridgehead atoms. The topological polar surface area (TPSA) is 70.7 Å². The Hall–Kier alpha value is -2.53. The van der Waals surface area contributed by atoms with Crippen LogP contribution in [0.1, 0.15) is 25.0 Å². The van der Waals surface area contributed by atoms with E-state index in [4.69, 9.17) is 16.9 Å². The van der Waals surface area contributed by atoms with E-state index in [1.165, 1.54) is 6.20 Å². The fraction of sp³-hybridized carbons (Fsp3) is 0.267. The minimum Gasteiger partial charge on any atom is -0.309 e. The molecule has 0 unspecified atom stereocenters. The molecule has 9 heteroatoms. The third kappa shape index (κ3) is 3.51. The Labute approximate surface area is 140 Å². The minimum absolute atomic E-state index is 0.0536. The number of amides is 1. The SMILES string of the molecule is CC(C)C(=O)Nc1c(C#N)cnn1-c1ccc(C(F)(F)F)cc1Cl. The molecule has 0 spiro atoms. The van der Waals surface area contributed by atoms with Crippen molar-refractivity contribution in [1.82, 2.24) is 9.78 Å². The number of anilines is 1. The molecule has 2 aromatic rings. The number of nitrogens with zero attached hydrogens (tertiary/aromatic N) is 3. The Morgan fingerprint density at radius 1 is 1.42 bits per heavy atom. The van der Waals surface area contributed by atoms with Gasteiger partial charge in [0.2, 0.25) is 5.91 Å². The third-order valence-electron chi connectivity index (χ3n) is 3.16. The van der Waals surface area contributed by atoms with Crippen molar-refractivity contribution in [1.29, 1.82) is 5.26 Å². The van der Waals surface area contributed by atoms with Crippen molar-refractivity contribution >= 4 is 23.3 Å². The lowest BCUT2D eigenvalue weighted by molar-refractivity contribution is -0.137. The zero-order valence-corrected chi connectivity index (χ0v) is 13.4. The summed E-state index contributed by atoms with van der Waals surface area (Å²) >= 11 is 5.94. The van der Waals surface area contributed by atoms with Crippen molar-refractivity contribution < 1.29 is 18.0 Å². The Morgan fingerprint density at radius 2 is 2.08 bits per heavy atom. The Morgan fingerprint density at radius 3 is 2.58 bits per heavy atom. The average molecular weight is 357 g/mol. The zero-order chi connectivity index (χ0) is 18.1. The van der Waals surface area contributed by atoms with Gasteiger partial charge < -0.3 is 5.32 Å². The van der Waals surface area contributed by atoms with E-state index >= 15 is 0 Å². The molecule has 0 aliphatic carbocycles. The van der Waals surface area contributed by atoms with Gasteiger partial charge in [-0.3, -0.25) is 4.79 Å². The maximum atomic E-state index is 12.7. The van der Waals surface area contributed by atoms with Gasteiger partial charge in [-0.15, -0.1) is 0 Å². The number of hydrogen-bond donors (Lipinski definition) is 1. The van der Waals surface area contributed by atoms with Gasteiger partial charge in [0.05, 0.1) is 22.5 Å². The highest BCUT2D eigenvalue weighted by molar-refractivity contribution is 6.32. The average Bonchev–Trinajstić information content (AvgIpc) is 2.88. The second-order valence-electron chi connectivity index (χ2n) is 5.24. The van der Waals surface area contributed by atoms with Gasteiger partial charge in [0.15, 0.2) is 5.82 Å². The smallest absolute Gasteiger partial charge is 0.309 e. The summed E-state index contributed by atoms with van der Waals surface area (Å²) in [5, 5.41) is 15.4. The second kappa shape index (κ2) is 6.53. The standard InChI is InChI=1S/C15H12ClF3N4O/c1-8(2)14(24)22-13-9(6-20)7-21-23(13)12-4-3-10(5-11(12)16)15(17,18)19/h3-5,7-8H,1-2H3,(H,22,24). The zero-order valence-electron chi connectivity index (χ0n) is 12.6. The second-order valence-corrected chi connectivity index (χ2v) is 5.65. The van der Waals surface area contributed by atoms with Crippen LogP contribution in [0.2, 0.25) is 5.02 Å². The molecular weight excluding hydrogens is 345 g/mol. The highest BCUT2D eigenvalue weighted by atomic mass is 35.5. The van der Waals surface area contributed by atoms with Gasteiger partial charge in [-0.1, -0.05) is 25.4 Å². The van der Waals surface area contributed by atoms with Crippen LogP contribution >= 0.6 is 11.6 Å². The largest absolute Gasteiger partial charge is 0.416 e. The van der Waals surface area contributed by atoms with Gasteiger partial charge in [-0.2, -0.15) is 23.5 Å². The van der Waals surface area contributed by atoms with Crippen LogP contribution in [0.5, 0.6) is 0 Å². The number of rotatable bonds is 3. The summed E-state index contributed by atoms with van der Waals surface area (Å²) in [7, 11) is 0. The summed E-state index contributed by atoms with van der Waals surface area (Å²) in [4.78, 5) is 11.9. The molecule has 0 aliphatic heterocycles. The van der Waals surface area contributed by atoms with Crippen molar-refractivity contribution in [3.63, 3.8) is 0 Å². The van der Waals surface area contributed by atoms with Crippen molar-refractivity contribution in [3.8, 4) is 11.8 Å². The van der Waals surface area contributed by atoms with Gasteiger partial charge in [-0.05, 0) is 18.2 Å². The van der Waals surface area contributed by atoms with Crippen LogP contribution in [0, 0.1) is 17.2 Å². The summed E-state index contributed by atoms with van der Waals surface area (Å²) in [6.45, 7) is 3.32. The first-order chi connectivity index (χ1) is 11.1. The number of hydrogen-bond acceptors (Lipinski definition) is 3. The number of nitriles is 1. The lowest BCUT2D eigenvalue weighted by Crippen LogP contribution is -2.20. The van der Waals surface area contributed by atoms with Crippen molar-refractivity contribution in [2.45, 2.75) is 20.0 Å². The predicted molar refractivity (Wildman–Crippen MR) is 81.8 cm³/mol. The Bertz CT molecular complexity index is 821. The van der Waals surface area contributed by atoms with E-state index in [9.17, 15) is 18.0 Å². The van der Waals surface area contributed by atoms with E-state index in [2.05, 4.69) is 10.4 Å². The van der Waals surface area contributed by atoms with Crippen LogP contribution < -0.4 is 5.32 Å². The molecule has 1 heterocycles. The highest BCUT2D eigenvalue weighted by Gasteiger charge is 2.31. The number of aromatic nitrogens is 2. The maximum Gasteiger partial charge on any atom is 0.416 e.